The molecule has 0 bridgehead atoms. The van der Waals surface area contributed by atoms with Gasteiger partial charge >= 0.3 is 0 Å². The van der Waals surface area contributed by atoms with Crippen LogP contribution in [0.15, 0.2) is 0 Å². The van der Waals surface area contributed by atoms with Gasteiger partial charge in [-0.15, -0.1) is 0 Å². The maximum absolute atomic E-state index is 5.66. The molecule has 3 nitrogen and oxygen atoms in total. The molecule has 1 aliphatic heterocycles. The van der Waals surface area contributed by atoms with E-state index in [-0.39, 0.29) is 5.79 Å². The summed E-state index contributed by atoms with van der Waals surface area (Å²) in [5.74, 6) is -0.291. The first-order valence-electron chi connectivity index (χ1n) is 6.18. The van der Waals surface area contributed by atoms with Gasteiger partial charge in [-0.3, -0.25) is 0 Å². The van der Waals surface area contributed by atoms with Crippen LogP contribution in [0.1, 0.15) is 40.5 Å². The molecule has 0 aromatic heterocycles. The summed E-state index contributed by atoms with van der Waals surface area (Å²) < 4.78 is 11.1. The van der Waals surface area contributed by atoms with Gasteiger partial charge in [-0.2, -0.15) is 0 Å². The zero-order valence-electron chi connectivity index (χ0n) is 11.0. The number of likely N-dealkylation sites (tertiary alicyclic amines) is 1. The third-order valence-corrected chi connectivity index (χ3v) is 2.84. The molecule has 0 aromatic rings. The van der Waals surface area contributed by atoms with Crippen molar-refractivity contribution in [3.8, 4) is 0 Å². The van der Waals surface area contributed by atoms with E-state index in [1.807, 2.05) is 20.8 Å². The molecule has 0 aliphatic carbocycles. The molecule has 1 saturated heterocycles. The molecule has 0 amide bonds. The van der Waals surface area contributed by atoms with Crippen molar-refractivity contribution < 1.29 is 9.47 Å². The monoisotopic (exact) mass is 217 g/mol. The second-order valence-corrected chi connectivity index (χ2v) is 3.48. The fourth-order valence-electron chi connectivity index (χ4n) is 1.88. The van der Waals surface area contributed by atoms with Crippen LogP contribution in [0, 0.1) is 0 Å². The van der Waals surface area contributed by atoms with Crippen molar-refractivity contribution in [1.82, 2.24) is 4.90 Å². The fourth-order valence-corrected chi connectivity index (χ4v) is 1.88. The Kier molecular flexibility index (Phi) is 8.02. The van der Waals surface area contributed by atoms with Crippen LogP contribution >= 0.6 is 0 Å². The van der Waals surface area contributed by atoms with E-state index in [1.54, 1.807) is 7.11 Å². The molecule has 1 aliphatic rings. The Balaban J connectivity index is 0.000000921. The van der Waals surface area contributed by atoms with Gasteiger partial charge in [0.15, 0.2) is 5.79 Å². The summed E-state index contributed by atoms with van der Waals surface area (Å²) in [6.45, 7) is 12.3. The molecule has 0 unspecified atom stereocenters. The minimum absolute atomic E-state index is 0.291. The van der Waals surface area contributed by atoms with Crippen LogP contribution in [0.5, 0.6) is 0 Å². The largest absolute Gasteiger partial charge is 0.353 e. The Bertz CT molecular complexity index is 143. The van der Waals surface area contributed by atoms with Crippen molar-refractivity contribution in [2.24, 2.45) is 0 Å². The molecule has 0 N–H and O–H groups in total. The molecule has 3 heteroatoms. The molecule has 0 atom stereocenters. The summed E-state index contributed by atoms with van der Waals surface area (Å²) in [5.41, 5.74) is 0. The molecule has 1 fully saturated rings. The lowest BCUT2D eigenvalue weighted by atomic mass is 10.0. The zero-order chi connectivity index (χ0) is 11.7. The topological polar surface area (TPSA) is 21.7 Å². The molecule has 1 heterocycles. The van der Waals surface area contributed by atoms with E-state index in [0.717, 1.165) is 39.1 Å². The Morgan fingerprint density at radius 3 is 2.00 bits per heavy atom. The van der Waals surface area contributed by atoms with Crippen LogP contribution in [0.4, 0.5) is 0 Å². The molecule has 0 radical (unpaired) electrons. The molecule has 92 valence electrons. The molecular formula is C12H27NO2. The van der Waals surface area contributed by atoms with Crippen LogP contribution in [0.3, 0.4) is 0 Å². The average Bonchev–Trinajstić information content (AvgIpc) is 2.33. The van der Waals surface area contributed by atoms with Crippen LogP contribution in [0.2, 0.25) is 0 Å². The van der Waals surface area contributed by atoms with Crippen molar-refractivity contribution >= 4 is 0 Å². The Morgan fingerprint density at radius 2 is 1.67 bits per heavy atom. The van der Waals surface area contributed by atoms with Crippen molar-refractivity contribution in [1.29, 1.82) is 0 Å². The number of hydrogen-bond donors (Lipinski definition) is 0. The van der Waals surface area contributed by atoms with E-state index >= 15 is 0 Å². The standard InChI is InChI=1S/C10H21NO2.C2H6/c1-4-11-8-6-10(12-3,7-9-11)13-5-2;1-2/h4-9H2,1-3H3;1-2H3. The second kappa shape index (κ2) is 8.08. The maximum atomic E-state index is 5.66. The van der Waals surface area contributed by atoms with Gasteiger partial charge in [-0.25, -0.2) is 0 Å². The predicted octanol–water partition coefficient (Wildman–Crippen LogP) is 2.51. The Hall–Kier alpha value is -0.120. The van der Waals surface area contributed by atoms with E-state index in [0.29, 0.717) is 0 Å². The highest BCUT2D eigenvalue weighted by Crippen LogP contribution is 2.26. The molecule has 1 rings (SSSR count). The van der Waals surface area contributed by atoms with Crippen LogP contribution in [0.25, 0.3) is 0 Å². The van der Waals surface area contributed by atoms with Gasteiger partial charge in [-0.1, -0.05) is 20.8 Å². The van der Waals surface area contributed by atoms with E-state index in [2.05, 4.69) is 11.8 Å². The number of hydrogen-bond acceptors (Lipinski definition) is 3. The number of ether oxygens (including phenoxy) is 2. The SMILES string of the molecule is CC.CCOC1(OC)CCN(CC)CC1. The average molecular weight is 217 g/mol. The van der Waals surface area contributed by atoms with Gasteiger partial charge in [0.05, 0.1) is 0 Å². The zero-order valence-corrected chi connectivity index (χ0v) is 11.0. The first-order valence-corrected chi connectivity index (χ1v) is 6.18. The van der Waals surface area contributed by atoms with Gasteiger partial charge in [0.2, 0.25) is 0 Å². The quantitative estimate of drug-likeness (QED) is 0.675. The third-order valence-electron chi connectivity index (χ3n) is 2.84. The second-order valence-electron chi connectivity index (χ2n) is 3.48. The summed E-state index contributed by atoms with van der Waals surface area (Å²) in [4.78, 5) is 2.43. The van der Waals surface area contributed by atoms with E-state index < -0.39 is 0 Å². The Labute approximate surface area is 94.7 Å². The molecule has 0 aromatic carbocycles. The van der Waals surface area contributed by atoms with E-state index in [9.17, 15) is 0 Å². The minimum Gasteiger partial charge on any atom is -0.353 e. The summed E-state index contributed by atoms with van der Waals surface area (Å²) in [7, 11) is 1.75. The number of methoxy groups -OCH3 is 1. The summed E-state index contributed by atoms with van der Waals surface area (Å²) >= 11 is 0. The molecular weight excluding hydrogens is 190 g/mol. The van der Waals surface area contributed by atoms with E-state index in [1.165, 1.54) is 0 Å². The predicted molar refractivity (Wildman–Crippen MR) is 64.1 cm³/mol. The van der Waals surface area contributed by atoms with Crippen molar-refractivity contribution in [2.45, 2.75) is 46.3 Å². The normalized spacial score (nSPS) is 20.6. The first-order chi connectivity index (χ1) is 7.26. The smallest absolute Gasteiger partial charge is 0.170 e. The minimum atomic E-state index is -0.291. The molecule has 0 spiro atoms. The van der Waals surface area contributed by atoms with Crippen molar-refractivity contribution in [3.05, 3.63) is 0 Å². The number of nitrogens with zero attached hydrogens (tertiary/aromatic N) is 1. The molecule has 15 heavy (non-hydrogen) atoms. The highest BCUT2D eigenvalue weighted by Gasteiger charge is 2.34. The molecule has 0 saturated carbocycles. The third kappa shape index (κ3) is 4.49. The summed E-state index contributed by atoms with van der Waals surface area (Å²) in [6.07, 6.45) is 1.98. The van der Waals surface area contributed by atoms with Gasteiger partial charge in [-0.05, 0) is 13.5 Å². The van der Waals surface area contributed by atoms with Gasteiger partial charge in [0, 0.05) is 39.6 Å². The highest BCUT2D eigenvalue weighted by atomic mass is 16.7. The lowest BCUT2D eigenvalue weighted by Crippen LogP contribution is -2.47. The number of rotatable bonds is 4. The number of piperidine rings is 1. The van der Waals surface area contributed by atoms with E-state index in [4.69, 9.17) is 9.47 Å². The lowest BCUT2D eigenvalue weighted by molar-refractivity contribution is -0.241. The van der Waals surface area contributed by atoms with Crippen LogP contribution < -0.4 is 0 Å². The summed E-state index contributed by atoms with van der Waals surface area (Å²) in [6, 6.07) is 0. The maximum Gasteiger partial charge on any atom is 0.170 e. The lowest BCUT2D eigenvalue weighted by Gasteiger charge is -2.39. The van der Waals surface area contributed by atoms with Crippen molar-refractivity contribution in [2.75, 3.05) is 33.4 Å². The van der Waals surface area contributed by atoms with Crippen molar-refractivity contribution in [3.63, 3.8) is 0 Å². The fraction of sp³-hybridized carbons (Fsp3) is 1.00. The van der Waals surface area contributed by atoms with Gasteiger partial charge in [0.1, 0.15) is 0 Å². The van der Waals surface area contributed by atoms with Gasteiger partial charge in [0.25, 0.3) is 0 Å². The Morgan fingerprint density at radius 1 is 1.13 bits per heavy atom. The van der Waals surface area contributed by atoms with Gasteiger partial charge < -0.3 is 14.4 Å². The summed E-state index contributed by atoms with van der Waals surface area (Å²) in [5, 5.41) is 0. The highest BCUT2D eigenvalue weighted by molar-refractivity contribution is 4.79. The first kappa shape index (κ1) is 14.9. The van der Waals surface area contributed by atoms with Crippen LogP contribution in [-0.4, -0.2) is 44.0 Å². The van der Waals surface area contributed by atoms with Crippen LogP contribution in [-0.2, 0) is 9.47 Å².